The van der Waals surface area contributed by atoms with Crippen LogP contribution in [-0.2, 0) is 6.42 Å². The predicted octanol–water partition coefficient (Wildman–Crippen LogP) is 5.85. The van der Waals surface area contributed by atoms with Crippen molar-refractivity contribution in [1.29, 1.82) is 0 Å². The molecule has 4 aromatic rings. The van der Waals surface area contributed by atoms with Gasteiger partial charge in [-0.25, -0.2) is 4.99 Å². The first-order valence-electron chi connectivity index (χ1n) is 11.3. The minimum absolute atomic E-state index is 0.0261. The maximum Gasteiger partial charge on any atom is 0.271 e. The minimum atomic E-state index is -0.182. The fourth-order valence-corrected chi connectivity index (χ4v) is 6.49. The van der Waals surface area contributed by atoms with Crippen molar-refractivity contribution in [2.75, 3.05) is 7.11 Å². The molecule has 0 spiro atoms. The average molecular weight is 608 g/mol. The Labute approximate surface area is 223 Å². The van der Waals surface area contributed by atoms with Crippen LogP contribution in [0.2, 0.25) is 0 Å². The van der Waals surface area contributed by atoms with Crippen LogP contribution in [0.15, 0.2) is 91.0 Å². The van der Waals surface area contributed by atoms with Gasteiger partial charge in [0.25, 0.3) is 5.56 Å². The fraction of sp³-hybridized carbons (Fsp3) is 0.143. The Hall–Kier alpha value is -2.74. The molecule has 3 aromatic carbocycles. The summed E-state index contributed by atoms with van der Waals surface area (Å²) in [5, 5.41) is 0. The predicted molar refractivity (Wildman–Crippen MR) is 148 cm³/mol. The number of thiazole rings is 1. The second kappa shape index (κ2) is 9.04. The summed E-state index contributed by atoms with van der Waals surface area (Å²) in [5.41, 5.74) is 6.65. The van der Waals surface area contributed by atoms with Crippen LogP contribution in [0.25, 0.3) is 11.8 Å². The van der Waals surface area contributed by atoms with Gasteiger partial charge in [0.2, 0.25) is 0 Å². The highest BCUT2D eigenvalue weighted by molar-refractivity contribution is 9.10. The highest BCUT2D eigenvalue weighted by Gasteiger charge is 2.32. The van der Waals surface area contributed by atoms with Crippen molar-refractivity contribution in [2.24, 2.45) is 4.99 Å². The number of aryl methyl sites for hydroxylation is 1. The molecule has 0 amide bonds. The van der Waals surface area contributed by atoms with E-state index in [1.54, 1.807) is 7.11 Å². The van der Waals surface area contributed by atoms with Crippen molar-refractivity contribution in [1.82, 2.24) is 4.57 Å². The lowest BCUT2D eigenvalue weighted by Gasteiger charge is -2.30. The zero-order valence-electron chi connectivity index (χ0n) is 18.8. The second-order valence-corrected chi connectivity index (χ2v) is 11.3. The summed E-state index contributed by atoms with van der Waals surface area (Å²) in [4.78, 5) is 19.7. The lowest BCUT2D eigenvalue weighted by molar-refractivity contribution is 0.414. The zero-order valence-corrected chi connectivity index (χ0v) is 22.8. The molecule has 7 heteroatoms. The molecule has 0 fully saturated rings. The Morgan fingerprint density at radius 1 is 1.06 bits per heavy atom. The van der Waals surface area contributed by atoms with E-state index >= 15 is 0 Å². The molecule has 2 aliphatic rings. The van der Waals surface area contributed by atoms with Crippen LogP contribution in [0, 0.1) is 0 Å². The van der Waals surface area contributed by atoms with E-state index in [4.69, 9.17) is 9.73 Å². The van der Waals surface area contributed by atoms with Gasteiger partial charge in [-0.1, -0.05) is 79.6 Å². The molecule has 0 radical (unpaired) electrons. The maximum absolute atomic E-state index is 13.9. The van der Waals surface area contributed by atoms with Gasteiger partial charge < -0.3 is 4.74 Å². The lowest BCUT2D eigenvalue weighted by Crippen LogP contribution is -2.38. The molecule has 0 saturated carbocycles. The van der Waals surface area contributed by atoms with E-state index in [-0.39, 0.29) is 11.6 Å². The molecule has 174 valence electrons. The summed E-state index contributed by atoms with van der Waals surface area (Å²) in [7, 11) is 1.64. The first-order valence-corrected chi connectivity index (χ1v) is 13.7. The highest BCUT2D eigenvalue weighted by Crippen LogP contribution is 2.41. The van der Waals surface area contributed by atoms with E-state index in [1.807, 2.05) is 41.0 Å². The molecule has 2 heterocycles. The van der Waals surface area contributed by atoms with Crippen molar-refractivity contribution >= 4 is 55.0 Å². The topological polar surface area (TPSA) is 43.6 Å². The second-order valence-electron chi connectivity index (χ2n) is 8.55. The number of allylic oxidation sites excluding steroid dienone is 1. The summed E-state index contributed by atoms with van der Waals surface area (Å²) in [6, 6.07) is 22.3. The molecule has 0 unspecified atom stereocenters. The van der Waals surface area contributed by atoms with E-state index in [0.29, 0.717) is 4.53 Å². The molecule has 0 N–H and O–H groups in total. The number of aromatic nitrogens is 1. The normalized spacial score (nSPS) is 16.9. The summed E-state index contributed by atoms with van der Waals surface area (Å²) in [5.74, 6) is 0.743. The van der Waals surface area contributed by atoms with Gasteiger partial charge in [-0.3, -0.25) is 9.36 Å². The van der Waals surface area contributed by atoms with Crippen LogP contribution in [-0.4, -0.2) is 11.7 Å². The van der Waals surface area contributed by atoms with Gasteiger partial charge in [0.1, 0.15) is 5.75 Å². The van der Waals surface area contributed by atoms with Gasteiger partial charge >= 0.3 is 0 Å². The molecule has 35 heavy (non-hydrogen) atoms. The standard InChI is InChI=1S/C28H20Br2N2O2S/c1-34-20-11-13-23(30)18(14-20)15-24-27(33)32-26(17-6-9-19(29)10-7-17)22-12-8-16-4-2-3-5-21(16)25(22)31-28(32)35-24/h2-7,9-11,13-15,26H,8,12H2,1H3/b24-15-/t26-/m1/s1. The smallest absolute Gasteiger partial charge is 0.271 e. The van der Waals surface area contributed by atoms with Crippen molar-refractivity contribution in [3.05, 3.63) is 123 Å². The molecule has 4 nitrogen and oxygen atoms in total. The molecule has 6 rings (SSSR count). The van der Waals surface area contributed by atoms with Crippen LogP contribution in [0.1, 0.15) is 34.7 Å². The molecule has 0 bridgehead atoms. The fourth-order valence-electron chi connectivity index (χ4n) is 4.87. The van der Waals surface area contributed by atoms with Gasteiger partial charge in [0.05, 0.1) is 23.4 Å². The first-order chi connectivity index (χ1) is 17.0. The van der Waals surface area contributed by atoms with Gasteiger partial charge in [-0.15, -0.1) is 0 Å². The van der Waals surface area contributed by atoms with Gasteiger partial charge in [0.15, 0.2) is 4.80 Å². The summed E-state index contributed by atoms with van der Waals surface area (Å²) in [6.45, 7) is 0. The van der Waals surface area contributed by atoms with Crippen molar-refractivity contribution < 1.29 is 4.74 Å². The van der Waals surface area contributed by atoms with Crippen LogP contribution in [0.4, 0.5) is 0 Å². The van der Waals surface area contributed by atoms with E-state index in [9.17, 15) is 4.79 Å². The Morgan fingerprint density at radius 2 is 1.86 bits per heavy atom. The number of rotatable bonds is 3. The van der Waals surface area contributed by atoms with E-state index in [2.05, 4.69) is 68.3 Å². The third kappa shape index (κ3) is 3.96. The third-order valence-corrected chi connectivity index (χ3v) is 8.78. The number of ether oxygens (including phenoxy) is 1. The Balaban J connectivity index is 1.62. The van der Waals surface area contributed by atoms with Crippen LogP contribution < -0.4 is 19.6 Å². The SMILES string of the molecule is COc1ccc(Br)c(/C=c2\sc3n(c2=O)[C@H](c2ccc(Br)cc2)C2=C(N=3)c3ccccc3CC2)c1. The number of benzene rings is 3. The summed E-state index contributed by atoms with van der Waals surface area (Å²) in [6.07, 6.45) is 3.74. The monoisotopic (exact) mass is 606 g/mol. The lowest BCUT2D eigenvalue weighted by atomic mass is 9.83. The van der Waals surface area contributed by atoms with Crippen LogP contribution in [0.3, 0.4) is 0 Å². The average Bonchev–Trinajstić information content (AvgIpc) is 3.19. The number of methoxy groups -OCH3 is 1. The molecule has 1 aliphatic carbocycles. The van der Waals surface area contributed by atoms with Gasteiger partial charge in [0, 0.05) is 14.5 Å². The summed E-state index contributed by atoms with van der Waals surface area (Å²) < 4.78 is 9.83. The number of hydrogen-bond acceptors (Lipinski definition) is 4. The molecule has 0 saturated heterocycles. The number of fused-ring (bicyclic) bond motifs is 3. The Morgan fingerprint density at radius 3 is 2.66 bits per heavy atom. The van der Waals surface area contributed by atoms with E-state index in [1.165, 1.54) is 28.0 Å². The first kappa shape index (κ1) is 22.7. The maximum atomic E-state index is 13.9. The molecule has 1 atom stereocenters. The van der Waals surface area contributed by atoms with Crippen molar-refractivity contribution in [3.63, 3.8) is 0 Å². The quantitative estimate of drug-likeness (QED) is 0.293. The third-order valence-electron chi connectivity index (χ3n) is 6.55. The molecular weight excluding hydrogens is 588 g/mol. The Kier molecular flexibility index (Phi) is 5.87. The Bertz CT molecular complexity index is 1680. The van der Waals surface area contributed by atoms with Crippen LogP contribution in [0.5, 0.6) is 5.75 Å². The molecular formula is C28H20Br2N2O2S. The summed E-state index contributed by atoms with van der Waals surface area (Å²) >= 11 is 8.59. The highest BCUT2D eigenvalue weighted by atomic mass is 79.9. The number of halogens is 2. The van der Waals surface area contributed by atoms with E-state index < -0.39 is 0 Å². The largest absolute Gasteiger partial charge is 0.497 e. The zero-order chi connectivity index (χ0) is 24.1. The van der Waals surface area contributed by atoms with Crippen molar-refractivity contribution in [2.45, 2.75) is 18.9 Å². The number of hydrogen-bond donors (Lipinski definition) is 0. The van der Waals surface area contributed by atoms with Crippen molar-refractivity contribution in [3.8, 4) is 5.75 Å². The van der Waals surface area contributed by atoms with Gasteiger partial charge in [-0.2, -0.15) is 0 Å². The van der Waals surface area contributed by atoms with E-state index in [0.717, 1.165) is 49.2 Å². The molecule has 1 aliphatic heterocycles. The van der Waals surface area contributed by atoms with Gasteiger partial charge in [-0.05, 0) is 71.5 Å². The van der Waals surface area contributed by atoms with Crippen LogP contribution >= 0.6 is 43.2 Å². The number of nitrogens with zero attached hydrogens (tertiary/aromatic N) is 2. The molecule has 1 aromatic heterocycles. The minimum Gasteiger partial charge on any atom is -0.497 e.